The molecule has 72 valence electrons. The van der Waals surface area contributed by atoms with Crippen molar-refractivity contribution in [3.63, 3.8) is 0 Å². The molecule has 2 heteroatoms. The van der Waals surface area contributed by atoms with Gasteiger partial charge in [-0.15, -0.1) is 0 Å². The molecule has 0 aromatic rings. The van der Waals surface area contributed by atoms with Crippen LogP contribution in [0.3, 0.4) is 0 Å². The highest BCUT2D eigenvalue weighted by Crippen LogP contribution is 2.17. The van der Waals surface area contributed by atoms with Gasteiger partial charge in [0.15, 0.2) is 0 Å². The van der Waals surface area contributed by atoms with Crippen LogP contribution in [0, 0.1) is 0 Å². The third kappa shape index (κ3) is 5.56. The summed E-state index contributed by atoms with van der Waals surface area (Å²) in [6, 6.07) is 0. The van der Waals surface area contributed by atoms with Crippen molar-refractivity contribution in [1.29, 1.82) is 0 Å². The lowest BCUT2D eigenvalue weighted by molar-refractivity contribution is 0.387. The van der Waals surface area contributed by atoms with Crippen LogP contribution in [0.4, 0.5) is 0 Å². The zero-order valence-electron chi connectivity index (χ0n) is 7.93. The van der Waals surface area contributed by atoms with Crippen molar-refractivity contribution in [3.8, 4) is 0 Å². The number of epoxide rings is 1. The average Bonchev–Trinajstić information content (AvgIpc) is 2.87. The van der Waals surface area contributed by atoms with E-state index >= 15 is 0 Å². The first-order valence-electron chi connectivity index (χ1n) is 5.25. The summed E-state index contributed by atoms with van der Waals surface area (Å²) in [5, 5.41) is 0. The van der Waals surface area contributed by atoms with Crippen LogP contribution in [0.2, 0.25) is 0 Å². The molecule has 0 bridgehead atoms. The topological polar surface area (TPSA) is 38.5 Å². The summed E-state index contributed by atoms with van der Waals surface area (Å²) >= 11 is 0. The molecule has 0 aromatic carbocycles. The summed E-state index contributed by atoms with van der Waals surface area (Å²) in [5.74, 6) is 0. The Morgan fingerprint density at radius 1 is 1.00 bits per heavy atom. The second-order valence-electron chi connectivity index (χ2n) is 3.65. The number of hydrogen-bond donors (Lipinski definition) is 1. The van der Waals surface area contributed by atoms with E-state index in [-0.39, 0.29) is 0 Å². The zero-order valence-corrected chi connectivity index (χ0v) is 7.93. The number of nitrogens with two attached hydrogens (primary N) is 1. The fourth-order valence-electron chi connectivity index (χ4n) is 1.46. The molecule has 0 saturated carbocycles. The van der Waals surface area contributed by atoms with E-state index in [0.29, 0.717) is 6.10 Å². The third-order valence-electron chi connectivity index (χ3n) is 2.38. The normalized spacial score (nSPS) is 21.2. The number of rotatable bonds is 8. The lowest BCUT2D eigenvalue weighted by Gasteiger charge is -1.99. The Kier molecular flexibility index (Phi) is 5.37. The van der Waals surface area contributed by atoms with Crippen LogP contribution in [0.25, 0.3) is 0 Å². The van der Waals surface area contributed by atoms with Gasteiger partial charge < -0.3 is 10.5 Å². The molecule has 0 aromatic heterocycles. The van der Waals surface area contributed by atoms with Gasteiger partial charge in [-0.3, -0.25) is 0 Å². The molecule has 0 spiro atoms. The summed E-state index contributed by atoms with van der Waals surface area (Å²) < 4.78 is 5.14. The molecule has 1 fully saturated rings. The number of ether oxygens (including phenoxy) is 1. The molecule has 1 aliphatic heterocycles. The number of hydrogen-bond acceptors (Lipinski definition) is 2. The van der Waals surface area contributed by atoms with Crippen LogP contribution in [0.5, 0.6) is 0 Å². The maximum atomic E-state index is 5.40. The molecule has 12 heavy (non-hydrogen) atoms. The molecule has 1 atom stereocenters. The SMILES string of the molecule is NCCCCCCCCC1CO1. The zero-order chi connectivity index (χ0) is 8.65. The van der Waals surface area contributed by atoms with E-state index in [1.807, 2.05) is 0 Å². The minimum Gasteiger partial charge on any atom is -0.373 e. The monoisotopic (exact) mass is 171 g/mol. The molecular formula is C10H21NO. The molecule has 1 unspecified atom stereocenters. The Morgan fingerprint density at radius 3 is 2.17 bits per heavy atom. The van der Waals surface area contributed by atoms with Gasteiger partial charge in [0.25, 0.3) is 0 Å². The molecule has 0 amide bonds. The Hall–Kier alpha value is -0.0800. The minimum atomic E-state index is 0.633. The second kappa shape index (κ2) is 6.44. The smallest absolute Gasteiger partial charge is 0.0810 e. The first-order chi connectivity index (χ1) is 5.93. The third-order valence-corrected chi connectivity index (χ3v) is 2.38. The van der Waals surface area contributed by atoms with E-state index in [2.05, 4.69) is 0 Å². The van der Waals surface area contributed by atoms with Crippen molar-refractivity contribution >= 4 is 0 Å². The van der Waals surface area contributed by atoms with Gasteiger partial charge in [0.05, 0.1) is 12.7 Å². The summed E-state index contributed by atoms with van der Waals surface area (Å²) in [7, 11) is 0. The highest BCUT2D eigenvalue weighted by atomic mass is 16.6. The highest BCUT2D eigenvalue weighted by Gasteiger charge is 2.20. The fraction of sp³-hybridized carbons (Fsp3) is 1.00. The van der Waals surface area contributed by atoms with Gasteiger partial charge >= 0.3 is 0 Å². The molecular weight excluding hydrogens is 150 g/mol. The van der Waals surface area contributed by atoms with Crippen molar-refractivity contribution in [1.82, 2.24) is 0 Å². The summed E-state index contributed by atoms with van der Waals surface area (Å²) in [6.45, 7) is 1.88. The van der Waals surface area contributed by atoms with Gasteiger partial charge in [-0.1, -0.05) is 32.1 Å². The van der Waals surface area contributed by atoms with Crippen molar-refractivity contribution in [2.45, 2.75) is 51.0 Å². The molecule has 1 saturated heterocycles. The molecule has 1 aliphatic rings. The standard InChI is InChI=1S/C10H21NO/c11-8-6-4-2-1-3-5-7-10-9-12-10/h10H,1-9,11H2. The van der Waals surface area contributed by atoms with Crippen LogP contribution in [-0.4, -0.2) is 19.3 Å². The van der Waals surface area contributed by atoms with Crippen molar-refractivity contribution in [3.05, 3.63) is 0 Å². The molecule has 1 rings (SSSR count). The van der Waals surface area contributed by atoms with Crippen LogP contribution in [0.15, 0.2) is 0 Å². The van der Waals surface area contributed by atoms with E-state index in [0.717, 1.165) is 13.2 Å². The summed E-state index contributed by atoms with van der Waals surface area (Å²) in [5.41, 5.74) is 5.40. The molecule has 1 heterocycles. The maximum Gasteiger partial charge on any atom is 0.0810 e. The van der Waals surface area contributed by atoms with Crippen molar-refractivity contribution in [2.75, 3.05) is 13.2 Å². The Balaban J connectivity index is 1.65. The highest BCUT2D eigenvalue weighted by molar-refractivity contribution is 4.68. The van der Waals surface area contributed by atoms with E-state index in [1.54, 1.807) is 0 Å². The average molecular weight is 171 g/mol. The minimum absolute atomic E-state index is 0.633. The van der Waals surface area contributed by atoms with E-state index in [9.17, 15) is 0 Å². The predicted octanol–water partition coefficient (Wildman–Crippen LogP) is 2.07. The number of unbranched alkanes of at least 4 members (excludes halogenated alkanes) is 5. The van der Waals surface area contributed by atoms with Crippen molar-refractivity contribution < 1.29 is 4.74 Å². The lowest BCUT2D eigenvalue weighted by Crippen LogP contribution is -1.97. The molecule has 2 nitrogen and oxygen atoms in total. The Morgan fingerprint density at radius 2 is 1.58 bits per heavy atom. The fourth-order valence-corrected chi connectivity index (χ4v) is 1.46. The summed E-state index contributed by atoms with van der Waals surface area (Å²) in [4.78, 5) is 0. The van der Waals surface area contributed by atoms with E-state index in [1.165, 1.54) is 44.9 Å². The Bertz CT molecular complexity index is 102. The predicted molar refractivity (Wildman–Crippen MR) is 51.1 cm³/mol. The quantitative estimate of drug-likeness (QED) is 0.448. The Labute approximate surface area is 75.5 Å². The molecule has 0 radical (unpaired) electrons. The first-order valence-corrected chi connectivity index (χ1v) is 5.25. The first kappa shape index (κ1) is 10.0. The van der Waals surface area contributed by atoms with Gasteiger partial charge in [-0.25, -0.2) is 0 Å². The lowest BCUT2D eigenvalue weighted by atomic mass is 10.1. The van der Waals surface area contributed by atoms with Crippen LogP contribution in [0.1, 0.15) is 44.9 Å². The van der Waals surface area contributed by atoms with Gasteiger partial charge in [-0.05, 0) is 19.4 Å². The van der Waals surface area contributed by atoms with Crippen LogP contribution < -0.4 is 5.73 Å². The summed E-state index contributed by atoms with van der Waals surface area (Å²) in [6.07, 6.45) is 9.92. The van der Waals surface area contributed by atoms with Gasteiger partial charge in [0.1, 0.15) is 0 Å². The van der Waals surface area contributed by atoms with Crippen molar-refractivity contribution in [2.24, 2.45) is 5.73 Å². The van der Waals surface area contributed by atoms with E-state index in [4.69, 9.17) is 10.5 Å². The molecule has 2 N–H and O–H groups in total. The second-order valence-corrected chi connectivity index (χ2v) is 3.65. The molecule has 0 aliphatic carbocycles. The van der Waals surface area contributed by atoms with E-state index < -0.39 is 0 Å². The van der Waals surface area contributed by atoms with Gasteiger partial charge in [0, 0.05) is 0 Å². The van der Waals surface area contributed by atoms with Gasteiger partial charge in [0.2, 0.25) is 0 Å². The van der Waals surface area contributed by atoms with Crippen LogP contribution in [-0.2, 0) is 4.74 Å². The van der Waals surface area contributed by atoms with Crippen LogP contribution >= 0.6 is 0 Å². The van der Waals surface area contributed by atoms with Gasteiger partial charge in [-0.2, -0.15) is 0 Å². The largest absolute Gasteiger partial charge is 0.373 e. The maximum absolute atomic E-state index is 5.40.